The van der Waals surface area contributed by atoms with Crippen LogP contribution in [0.15, 0.2) is 46.9 Å². The fourth-order valence-electron chi connectivity index (χ4n) is 2.32. The standard InChI is InChI=1S/C17H17BrClFO/c1-21-16-4-2-3-14(17(16)20)10-13(11-19)9-12-5-7-15(18)8-6-12/h2-8,13H,9-11H2,1H3. The summed E-state index contributed by atoms with van der Waals surface area (Å²) in [6.45, 7) is 0. The Morgan fingerprint density at radius 2 is 1.86 bits per heavy atom. The second kappa shape index (κ2) is 7.81. The Kier molecular flexibility index (Phi) is 6.07. The molecule has 2 aromatic carbocycles. The van der Waals surface area contributed by atoms with E-state index in [2.05, 4.69) is 28.1 Å². The summed E-state index contributed by atoms with van der Waals surface area (Å²) in [6.07, 6.45) is 1.43. The fourth-order valence-corrected chi connectivity index (χ4v) is 2.80. The van der Waals surface area contributed by atoms with E-state index in [4.69, 9.17) is 16.3 Å². The summed E-state index contributed by atoms with van der Waals surface area (Å²) in [5, 5.41) is 0. The third-order valence-electron chi connectivity index (χ3n) is 3.43. The van der Waals surface area contributed by atoms with Gasteiger partial charge in [0, 0.05) is 10.4 Å². The highest BCUT2D eigenvalue weighted by Gasteiger charge is 2.15. The van der Waals surface area contributed by atoms with E-state index in [0.29, 0.717) is 17.9 Å². The lowest BCUT2D eigenvalue weighted by Gasteiger charge is -2.15. The average Bonchev–Trinajstić information content (AvgIpc) is 2.50. The summed E-state index contributed by atoms with van der Waals surface area (Å²) in [6, 6.07) is 13.4. The van der Waals surface area contributed by atoms with Crippen LogP contribution in [0.4, 0.5) is 4.39 Å². The lowest BCUT2D eigenvalue weighted by atomic mass is 9.94. The molecule has 21 heavy (non-hydrogen) atoms. The minimum Gasteiger partial charge on any atom is -0.494 e. The average molecular weight is 372 g/mol. The Balaban J connectivity index is 2.10. The van der Waals surface area contributed by atoms with Crippen molar-refractivity contribution < 1.29 is 9.13 Å². The molecule has 4 heteroatoms. The largest absolute Gasteiger partial charge is 0.494 e. The molecule has 1 atom stereocenters. The number of hydrogen-bond donors (Lipinski definition) is 0. The molecule has 0 saturated carbocycles. The molecular weight excluding hydrogens is 355 g/mol. The van der Waals surface area contributed by atoms with Gasteiger partial charge in [0.2, 0.25) is 0 Å². The minimum atomic E-state index is -0.286. The van der Waals surface area contributed by atoms with Gasteiger partial charge >= 0.3 is 0 Å². The first-order valence-electron chi connectivity index (χ1n) is 6.75. The first kappa shape index (κ1) is 16.3. The van der Waals surface area contributed by atoms with Gasteiger partial charge in [0.15, 0.2) is 11.6 Å². The Morgan fingerprint density at radius 1 is 1.14 bits per heavy atom. The molecule has 0 aliphatic rings. The summed E-state index contributed by atoms with van der Waals surface area (Å²) in [4.78, 5) is 0. The van der Waals surface area contributed by atoms with Crippen LogP contribution in [-0.4, -0.2) is 13.0 Å². The van der Waals surface area contributed by atoms with Gasteiger partial charge in [-0.3, -0.25) is 0 Å². The molecule has 1 nitrogen and oxygen atoms in total. The molecule has 0 spiro atoms. The van der Waals surface area contributed by atoms with Gasteiger partial charge in [0.25, 0.3) is 0 Å². The van der Waals surface area contributed by atoms with Crippen molar-refractivity contribution in [3.63, 3.8) is 0 Å². The molecule has 0 aromatic heterocycles. The predicted molar refractivity (Wildman–Crippen MR) is 88.7 cm³/mol. The second-order valence-electron chi connectivity index (χ2n) is 4.99. The van der Waals surface area contributed by atoms with Crippen LogP contribution in [0.3, 0.4) is 0 Å². The van der Waals surface area contributed by atoms with Crippen molar-refractivity contribution in [1.29, 1.82) is 0 Å². The highest BCUT2D eigenvalue weighted by atomic mass is 79.9. The molecule has 0 radical (unpaired) electrons. The van der Waals surface area contributed by atoms with Gasteiger partial charge in [-0.25, -0.2) is 4.39 Å². The lowest BCUT2D eigenvalue weighted by molar-refractivity contribution is 0.382. The Hall–Kier alpha value is -1.06. The zero-order chi connectivity index (χ0) is 15.2. The van der Waals surface area contributed by atoms with Crippen LogP contribution >= 0.6 is 27.5 Å². The zero-order valence-electron chi connectivity index (χ0n) is 11.8. The first-order chi connectivity index (χ1) is 10.1. The van der Waals surface area contributed by atoms with E-state index in [0.717, 1.165) is 10.9 Å². The van der Waals surface area contributed by atoms with Crippen molar-refractivity contribution in [2.75, 3.05) is 13.0 Å². The van der Waals surface area contributed by atoms with Gasteiger partial charge in [0.1, 0.15) is 0 Å². The zero-order valence-corrected chi connectivity index (χ0v) is 14.1. The number of methoxy groups -OCH3 is 1. The van der Waals surface area contributed by atoms with Gasteiger partial charge in [0.05, 0.1) is 7.11 Å². The third-order valence-corrected chi connectivity index (χ3v) is 4.39. The quantitative estimate of drug-likeness (QED) is 0.631. The van der Waals surface area contributed by atoms with Gasteiger partial charge in [-0.05, 0) is 48.1 Å². The molecule has 0 amide bonds. The van der Waals surface area contributed by atoms with Gasteiger partial charge in [-0.1, -0.05) is 40.2 Å². The van der Waals surface area contributed by atoms with E-state index in [-0.39, 0.29) is 17.5 Å². The molecule has 0 aliphatic heterocycles. The number of rotatable bonds is 6. The predicted octanol–water partition coefficient (Wildman–Crippen LogP) is 5.24. The maximum Gasteiger partial charge on any atom is 0.168 e. The fraction of sp³-hybridized carbons (Fsp3) is 0.294. The number of hydrogen-bond acceptors (Lipinski definition) is 1. The number of ether oxygens (including phenoxy) is 1. The van der Waals surface area contributed by atoms with Crippen LogP contribution in [0.25, 0.3) is 0 Å². The Labute approximate surface area is 138 Å². The van der Waals surface area contributed by atoms with Crippen LogP contribution in [0.2, 0.25) is 0 Å². The van der Waals surface area contributed by atoms with Crippen molar-refractivity contribution in [3.8, 4) is 5.75 Å². The maximum atomic E-state index is 14.2. The molecular formula is C17H17BrClFO. The lowest BCUT2D eigenvalue weighted by Crippen LogP contribution is -2.11. The van der Waals surface area contributed by atoms with Gasteiger partial charge in [-0.2, -0.15) is 0 Å². The highest BCUT2D eigenvalue weighted by molar-refractivity contribution is 9.10. The first-order valence-corrected chi connectivity index (χ1v) is 8.08. The molecule has 2 aromatic rings. The van der Waals surface area contributed by atoms with Crippen molar-refractivity contribution in [2.24, 2.45) is 5.92 Å². The number of halogens is 3. The van der Waals surface area contributed by atoms with E-state index in [1.807, 2.05) is 18.2 Å². The summed E-state index contributed by atoms with van der Waals surface area (Å²) in [5.41, 5.74) is 1.85. The maximum absolute atomic E-state index is 14.2. The van der Waals surface area contributed by atoms with Crippen LogP contribution in [0, 0.1) is 11.7 Å². The van der Waals surface area contributed by atoms with Crippen LogP contribution in [-0.2, 0) is 12.8 Å². The summed E-state index contributed by atoms with van der Waals surface area (Å²) in [5.74, 6) is 0.678. The molecule has 0 saturated heterocycles. The van der Waals surface area contributed by atoms with Crippen LogP contribution < -0.4 is 4.74 Å². The van der Waals surface area contributed by atoms with Gasteiger partial charge < -0.3 is 4.74 Å². The normalized spacial score (nSPS) is 12.2. The minimum absolute atomic E-state index is 0.189. The third kappa shape index (κ3) is 4.45. The molecule has 0 fully saturated rings. The van der Waals surface area contributed by atoms with Crippen LogP contribution in [0.1, 0.15) is 11.1 Å². The molecule has 0 aliphatic carbocycles. The number of benzene rings is 2. The molecule has 0 bridgehead atoms. The smallest absolute Gasteiger partial charge is 0.168 e. The van der Waals surface area contributed by atoms with E-state index >= 15 is 0 Å². The van der Waals surface area contributed by atoms with E-state index in [1.54, 1.807) is 12.1 Å². The SMILES string of the molecule is COc1cccc(CC(CCl)Cc2ccc(Br)cc2)c1F. The highest BCUT2D eigenvalue weighted by Crippen LogP contribution is 2.24. The number of alkyl halides is 1. The van der Waals surface area contributed by atoms with Gasteiger partial charge in [-0.15, -0.1) is 11.6 Å². The monoisotopic (exact) mass is 370 g/mol. The second-order valence-corrected chi connectivity index (χ2v) is 6.21. The van der Waals surface area contributed by atoms with E-state index < -0.39 is 0 Å². The topological polar surface area (TPSA) is 9.23 Å². The summed E-state index contributed by atoms with van der Waals surface area (Å²) < 4.78 is 20.3. The van der Waals surface area contributed by atoms with Crippen molar-refractivity contribution in [1.82, 2.24) is 0 Å². The van der Waals surface area contributed by atoms with Crippen molar-refractivity contribution in [3.05, 3.63) is 63.9 Å². The molecule has 2 rings (SSSR count). The Bertz CT molecular complexity index is 586. The van der Waals surface area contributed by atoms with Crippen molar-refractivity contribution >= 4 is 27.5 Å². The summed E-state index contributed by atoms with van der Waals surface area (Å²) >= 11 is 9.48. The Morgan fingerprint density at radius 3 is 2.48 bits per heavy atom. The molecule has 1 unspecified atom stereocenters. The summed E-state index contributed by atoms with van der Waals surface area (Å²) in [7, 11) is 1.48. The molecule has 0 heterocycles. The van der Waals surface area contributed by atoms with E-state index in [9.17, 15) is 4.39 Å². The molecule has 0 N–H and O–H groups in total. The molecule has 112 valence electrons. The van der Waals surface area contributed by atoms with E-state index in [1.165, 1.54) is 12.7 Å². The van der Waals surface area contributed by atoms with Crippen LogP contribution in [0.5, 0.6) is 5.75 Å². The van der Waals surface area contributed by atoms with Crippen molar-refractivity contribution in [2.45, 2.75) is 12.8 Å².